The molecule has 0 unspecified atom stereocenters. The molecule has 1 atom stereocenters. The lowest BCUT2D eigenvalue weighted by molar-refractivity contribution is -0.148. The summed E-state index contributed by atoms with van der Waals surface area (Å²) in [6.07, 6.45) is -4.43. The van der Waals surface area contributed by atoms with Gasteiger partial charge in [-0.25, -0.2) is 4.79 Å². The molecule has 8 heteroatoms. The topological polar surface area (TPSA) is 55.4 Å². The van der Waals surface area contributed by atoms with Crippen molar-refractivity contribution in [2.75, 3.05) is 0 Å². The number of hydrogen-bond acceptors (Lipinski definition) is 3. The summed E-state index contributed by atoms with van der Waals surface area (Å²) in [6.45, 7) is 3.26. The summed E-state index contributed by atoms with van der Waals surface area (Å²) >= 11 is 5.99. The van der Waals surface area contributed by atoms with Crippen molar-refractivity contribution in [3.8, 4) is 0 Å². The molecule has 4 nitrogen and oxygen atoms in total. The van der Waals surface area contributed by atoms with E-state index in [-0.39, 0.29) is 23.1 Å². The quantitative estimate of drug-likeness (QED) is 0.688. The smallest absolute Gasteiger partial charge is 0.416 e. The Kier molecular flexibility index (Phi) is 7.07. The molecule has 0 aromatic heterocycles. The first kappa shape index (κ1) is 21.8. The van der Waals surface area contributed by atoms with Gasteiger partial charge in [0.05, 0.1) is 16.1 Å². The van der Waals surface area contributed by atoms with Gasteiger partial charge in [-0.1, -0.05) is 49.7 Å². The standard InChI is InChI=1S/C20H19ClF3NO3/c1-12(2)17(25-18(26)15-5-3-4-6-16(15)21)19(27)28-11-13-7-9-14(10-8-13)20(22,23)24/h3-10,12,17H,11H2,1-2H3,(H,25,26)/t17-/m0/s1. The number of esters is 1. The van der Waals surface area contributed by atoms with Crippen molar-refractivity contribution in [1.82, 2.24) is 5.32 Å². The van der Waals surface area contributed by atoms with E-state index in [9.17, 15) is 22.8 Å². The summed E-state index contributed by atoms with van der Waals surface area (Å²) in [5.41, 5.74) is -0.152. The van der Waals surface area contributed by atoms with Crippen molar-refractivity contribution in [2.24, 2.45) is 5.92 Å². The molecule has 0 aliphatic rings. The van der Waals surface area contributed by atoms with E-state index in [1.807, 2.05) is 0 Å². The highest BCUT2D eigenvalue weighted by Crippen LogP contribution is 2.29. The van der Waals surface area contributed by atoms with Crippen molar-refractivity contribution in [2.45, 2.75) is 32.7 Å². The molecule has 0 aliphatic heterocycles. The van der Waals surface area contributed by atoms with E-state index in [0.717, 1.165) is 12.1 Å². The van der Waals surface area contributed by atoms with E-state index in [4.69, 9.17) is 16.3 Å². The van der Waals surface area contributed by atoms with Crippen LogP contribution in [0.15, 0.2) is 48.5 Å². The molecule has 2 rings (SSSR count). The number of benzene rings is 2. The maximum atomic E-state index is 12.6. The number of carbonyl (C=O) groups is 2. The normalized spacial score (nSPS) is 12.5. The third kappa shape index (κ3) is 5.73. The maximum Gasteiger partial charge on any atom is 0.416 e. The number of nitrogens with one attached hydrogen (secondary N) is 1. The van der Waals surface area contributed by atoms with E-state index < -0.39 is 29.7 Å². The predicted octanol–water partition coefficient (Wildman–Crippen LogP) is 4.86. The fourth-order valence-electron chi connectivity index (χ4n) is 2.40. The second kappa shape index (κ2) is 9.10. The second-order valence-electron chi connectivity index (χ2n) is 6.48. The Hall–Kier alpha value is -2.54. The van der Waals surface area contributed by atoms with Gasteiger partial charge in [0.15, 0.2) is 0 Å². The molecule has 0 saturated heterocycles. The number of ether oxygens (including phenoxy) is 1. The number of alkyl halides is 3. The molecule has 1 N–H and O–H groups in total. The summed E-state index contributed by atoms with van der Waals surface area (Å²) in [5.74, 6) is -1.47. The average molecular weight is 414 g/mol. The van der Waals surface area contributed by atoms with E-state index >= 15 is 0 Å². The Morgan fingerprint density at radius 1 is 1.07 bits per heavy atom. The lowest BCUT2D eigenvalue weighted by Gasteiger charge is -2.21. The Labute approximate surface area is 165 Å². The van der Waals surface area contributed by atoms with Crippen LogP contribution in [0.5, 0.6) is 0 Å². The lowest BCUT2D eigenvalue weighted by Crippen LogP contribution is -2.45. The van der Waals surface area contributed by atoms with Crippen molar-refractivity contribution in [3.63, 3.8) is 0 Å². The molecule has 0 radical (unpaired) electrons. The molecule has 0 aliphatic carbocycles. The van der Waals surface area contributed by atoms with Gasteiger partial charge in [0.25, 0.3) is 5.91 Å². The Balaban J connectivity index is 2.01. The second-order valence-corrected chi connectivity index (χ2v) is 6.88. The van der Waals surface area contributed by atoms with Crippen LogP contribution in [0, 0.1) is 5.92 Å². The van der Waals surface area contributed by atoms with Gasteiger partial charge in [0.1, 0.15) is 12.6 Å². The van der Waals surface area contributed by atoms with Gasteiger partial charge < -0.3 is 10.1 Å². The van der Waals surface area contributed by atoms with Gasteiger partial charge in [-0.2, -0.15) is 13.2 Å². The molecule has 2 aromatic carbocycles. The summed E-state index contributed by atoms with van der Waals surface area (Å²) in [4.78, 5) is 24.8. The van der Waals surface area contributed by atoms with Crippen molar-refractivity contribution < 1.29 is 27.5 Å². The number of carbonyl (C=O) groups excluding carboxylic acids is 2. The molecule has 0 heterocycles. The molecule has 1 amide bonds. The summed E-state index contributed by atoms with van der Waals surface area (Å²) in [5, 5.41) is 2.84. The Bertz CT molecular complexity index is 835. The minimum atomic E-state index is -4.43. The van der Waals surface area contributed by atoms with E-state index in [1.165, 1.54) is 18.2 Å². The third-order valence-electron chi connectivity index (χ3n) is 3.99. The fraction of sp³-hybridized carbons (Fsp3) is 0.300. The fourth-order valence-corrected chi connectivity index (χ4v) is 2.62. The van der Waals surface area contributed by atoms with Crippen LogP contribution in [-0.4, -0.2) is 17.9 Å². The maximum absolute atomic E-state index is 12.6. The molecule has 0 spiro atoms. The third-order valence-corrected chi connectivity index (χ3v) is 4.32. The SMILES string of the molecule is CC(C)[C@H](NC(=O)c1ccccc1Cl)C(=O)OCc1ccc(C(F)(F)F)cc1. The van der Waals surface area contributed by atoms with Crippen molar-refractivity contribution in [3.05, 3.63) is 70.2 Å². The van der Waals surface area contributed by atoms with E-state index in [2.05, 4.69) is 5.32 Å². The van der Waals surface area contributed by atoms with Gasteiger partial charge >= 0.3 is 12.1 Å². The molecule has 0 saturated carbocycles. The first-order valence-corrected chi connectivity index (χ1v) is 8.85. The molecule has 28 heavy (non-hydrogen) atoms. The van der Waals surface area contributed by atoms with Crippen LogP contribution in [0.2, 0.25) is 5.02 Å². The molecule has 0 fully saturated rings. The van der Waals surface area contributed by atoms with Crippen LogP contribution in [-0.2, 0) is 22.3 Å². The minimum Gasteiger partial charge on any atom is -0.459 e. The minimum absolute atomic E-state index is 0.206. The monoisotopic (exact) mass is 413 g/mol. The Morgan fingerprint density at radius 2 is 1.68 bits per heavy atom. The molecule has 2 aromatic rings. The zero-order valence-electron chi connectivity index (χ0n) is 15.2. The predicted molar refractivity (Wildman–Crippen MR) is 98.8 cm³/mol. The highest BCUT2D eigenvalue weighted by molar-refractivity contribution is 6.33. The van der Waals surface area contributed by atoms with Crippen LogP contribution < -0.4 is 5.32 Å². The van der Waals surface area contributed by atoms with E-state index in [1.54, 1.807) is 32.0 Å². The molecule has 150 valence electrons. The van der Waals surface area contributed by atoms with Gasteiger partial charge in [-0.3, -0.25) is 4.79 Å². The number of hydrogen-bond donors (Lipinski definition) is 1. The highest BCUT2D eigenvalue weighted by Gasteiger charge is 2.30. The van der Waals surface area contributed by atoms with Gasteiger partial charge in [0.2, 0.25) is 0 Å². The highest BCUT2D eigenvalue weighted by atomic mass is 35.5. The van der Waals surface area contributed by atoms with Gasteiger partial charge in [-0.05, 0) is 35.7 Å². The van der Waals surface area contributed by atoms with Crippen LogP contribution in [0.1, 0.15) is 35.3 Å². The average Bonchev–Trinajstić information content (AvgIpc) is 2.63. The van der Waals surface area contributed by atoms with E-state index in [0.29, 0.717) is 5.56 Å². The summed E-state index contributed by atoms with van der Waals surface area (Å²) in [6, 6.07) is 9.80. The van der Waals surface area contributed by atoms with Gasteiger partial charge in [-0.15, -0.1) is 0 Å². The molecular formula is C20H19ClF3NO3. The zero-order chi connectivity index (χ0) is 20.9. The number of rotatable bonds is 6. The number of halogens is 4. The summed E-state index contributed by atoms with van der Waals surface area (Å²) < 4.78 is 42.9. The first-order valence-electron chi connectivity index (χ1n) is 8.47. The van der Waals surface area contributed by atoms with Crippen molar-refractivity contribution in [1.29, 1.82) is 0 Å². The Morgan fingerprint density at radius 3 is 2.21 bits per heavy atom. The first-order chi connectivity index (χ1) is 13.1. The van der Waals surface area contributed by atoms with Crippen LogP contribution in [0.4, 0.5) is 13.2 Å². The lowest BCUT2D eigenvalue weighted by atomic mass is 10.0. The zero-order valence-corrected chi connectivity index (χ0v) is 16.0. The van der Waals surface area contributed by atoms with Crippen molar-refractivity contribution >= 4 is 23.5 Å². The number of amides is 1. The van der Waals surface area contributed by atoms with Crippen LogP contribution in [0.25, 0.3) is 0 Å². The van der Waals surface area contributed by atoms with Gasteiger partial charge in [0, 0.05) is 0 Å². The largest absolute Gasteiger partial charge is 0.459 e. The van der Waals surface area contributed by atoms with Crippen LogP contribution >= 0.6 is 11.6 Å². The van der Waals surface area contributed by atoms with Crippen LogP contribution in [0.3, 0.4) is 0 Å². The summed E-state index contributed by atoms with van der Waals surface area (Å²) in [7, 11) is 0. The molecule has 0 bridgehead atoms. The molecular weight excluding hydrogens is 395 g/mol.